The predicted octanol–water partition coefficient (Wildman–Crippen LogP) is 1.97. The highest BCUT2D eigenvalue weighted by Crippen LogP contribution is 2.08. The van der Waals surface area contributed by atoms with Gasteiger partial charge in [0.1, 0.15) is 12.2 Å². The Hall–Kier alpha value is -1.75. The maximum absolute atomic E-state index is 11.5. The topological polar surface area (TPSA) is 127 Å². The van der Waals surface area contributed by atoms with Gasteiger partial charge in [-0.25, -0.2) is 0 Å². The molecule has 0 unspecified atom stereocenters. The predicted molar refractivity (Wildman–Crippen MR) is 111 cm³/mol. The van der Waals surface area contributed by atoms with E-state index in [1.54, 1.807) is 0 Å². The van der Waals surface area contributed by atoms with Crippen molar-refractivity contribution in [2.75, 3.05) is 59.5 Å². The van der Waals surface area contributed by atoms with Gasteiger partial charge in [-0.1, -0.05) is 0 Å². The summed E-state index contributed by atoms with van der Waals surface area (Å²) in [6.45, 7) is 8.64. The maximum Gasteiger partial charge on any atom is 0.308 e. The minimum atomic E-state index is -0.864. The van der Waals surface area contributed by atoms with Gasteiger partial charge in [0.25, 0.3) is 0 Å². The molecule has 0 aliphatic heterocycles. The molecule has 0 atom stereocenters. The van der Waals surface area contributed by atoms with Crippen LogP contribution in [0.25, 0.3) is 0 Å². The van der Waals surface area contributed by atoms with Gasteiger partial charge in [0.15, 0.2) is 0 Å². The van der Waals surface area contributed by atoms with Crippen LogP contribution >= 0.6 is 0 Å². The Balaban J connectivity index is 3.24. The summed E-state index contributed by atoms with van der Waals surface area (Å²) in [5.74, 6) is -1.50. The van der Waals surface area contributed by atoms with Gasteiger partial charge in [-0.2, -0.15) is 0 Å². The normalized spacial score (nSPS) is 11.3. The molecular formula is C21H38O10. The highest BCUT2D eigenvalue weighted by molar-refractivity contribution is 5.70. The summed E-state index contributed by atoms with van der Waals surface area (Å²) >= 11 is 0. The minimum absolute atomic E-state index is 0.0606. The number of rotatable bonds is 20. The van der Waals surface area contributed by atoms with Crippen molar-refractivity contribution >= 4 is 17.9 Å². The first-order valence-electron chi connectivity index (χ1n) is 10.6. The molecule has 0 rings (SSSR count). The van der Waals surface area contributed by atoms with Crippen LogP contribution in [0.4, 0.5) is 0 Å². The Morgan fingerprint density at radius 1 is 0.613 bits per heavy atom. The summed E-state index contributed by atoms with van der Waals surface area (Å²) < 4.78 is 31.4. The van der Waals surface area contributed by atoms with Crippen molar-refractivity contribution < 1.29 is 47.9 Å². The van der Waals surface area contributed by atoms with E-state index in [1.165, 1.54) is 0 Å². The number of esters is 2. The lowest BCUT2D eigenvalue weighted by Crippen LogP contribution is -2.24. The number of unbranched alkanes of at least 4 members (excludes halogenated alkanes) is 1. The zero-order valence-corrected chi connectivity index (χ0v) is 19.0. The third-order valence-corrected chi connectivity index (χ3v) is 3.50. The minimum Gasteiger partial charge on any atom is -0.481 e. The van der Waals surface area contributed by atoms with Gasteiger partial charge in [-0.3, -0.25) is 14.4 Å². The van der Waals surface area contributed by atoms with Crippen LogP contribution in [0.2, 0.25) is 0 Å². The van der Waals surface area contributed by atoms with Gasteiger partial charge in [0.2, 0.25) is 0 Å². The number of hydrogen-bond acceptors (Lipinski definition) is 9. The molecule has 1 N–H and O–H groups in total. The Morgan fingerprint density at radius 3 is 1.55 bits per heavy atom. The lowest BCUT2D eigenvalue weighted by atomic mass is 10.2. The lowest BCUT2D eigenvalue weighted by molar-refractivity contribution is -0.156. The van der Waals surface area contributed by atoms with Gasteiger partial charge in [0.05, 0.1) is 59.3 Å². The van der Waals surface area contributed by atoms with E-state index in [1.807, 2.05) is 20.8 Å². The van der Waals surface area contributed by atoms with Crippen molar-refractivity contribution in [3.05, 3.63) is 0 Å². The van der Waals surface area contributed by atoms with Crippen molar-refractivity contribution in [1.29, 1.82) is 0 Å². The number of carbonyl (C=O) groups is 3. The third kappa shape index (κ3) is 24.4. The zero-order chi connectivity index (χ0) is 23.4. The average Bonchev–Trinajstić information content (AvgIpc) is 2.66. The third-order valence-electron chi connectivity index (χ3n) is 3.50. The van der Waals surface area contributed by atoms with E-state index in [2.05, 4.69) is 0 Å². The first-order chi connectivity index (χ1) is 14.7. The van der Waals surface area contributed by atoms with Crippen molar-refractivity contribution in [1.82, 2.24) is 0 Å². The number of aliphatic carboxylic acids is 1. The first-order valence-corrected chi connectivity index (χ1v) is 10.6. The molecule has 0 amide bonds. The molecule has 0 aromatic rings. The number of carboxylic acid groups (broad SMARTS) is 1. The molecule has 10 nitrogen and oxygen atoms in total. The van der Waals surface area contributed by atoms with Gasteiger partial charge in [-0.05, 0) is 33.6 Å². The van der Waals surface area contributed by atoms with E-state index in [4.69, 9.17) is 33.5 Å². The molecule has 0 aromatic heterocycles. The van der Waals surface area contributed by atoms with Crippen molar-refractivity contribution in [3.8, 4) is 0 Å². The second-order valence-corrected chi connectivity index (χ2v) is 7.61. The largest absolute Gasteiger partial charge is 0.481 e. The number of ether oxygens (including phenoxy) is 6. The van der Waals surface area contributed by atoms with Crippen LogP contribution in [-0.2, 0) is 42.8 Å². The Morgan fingerprint density at radius 2 is 1.06 bits per heavy atom. The average molecular weight is 451 g/mol. The quantitative estimate of drug-likeness (QED) is 0.217. The van der Waals surface area contributed by atoms with Crippen LogP contribution in [0.1, 0.15) is 52.9 Å². The van der Waals surface area contributed by atoms with Crippen molar-refractivity contribution in [3.63, 3.8) is 0 Å². The second kappa shape index (κ2) is 19.0. The standard InChI is InChI=1S/C21H38O10/c1-21(2,3)31-20(25)8-9-26-10-11-27-12-13-28-14-15-29-16-17-30-19(24)7-5-4-6-18(22)23/h4-17H2,1-3H3,(H,22,23). The van der Waals surface area contributed by atoms with Crippen LogP contribution < -0.4 is 0 Å². The maximum atomic E-state index is 11.5. The Kier molecular flexibility index (Phi) is 17.9. The smallest absolute Gasteiger partial charge is 0.308 e. The lowest BCUT2D eigenvalue weighted by Gasteiger charge is -2.19. The number of carboxylic acids is 1. The summed E-state index contributed by atoms with van der Waals surface area (Å²) in [6, 6.07) is 0. The molecule has 0 bridgehead atoms. The molecule has 182 valence electrons. The van der Waals surface area contributed by atoms with Crippen LogP contribution in [0, 0.1) is 0 Å². The number of hydrogen-bond donors (Lipinski definition) is 1. The highest BCUT2D eigenvalue weighted by atomic mass is 16.6. The van der Waals surface area contributed by atoms with Crippen LogP contribution in [-0.4, -0.2) is 88.1 Å². The summed E-state index contributed by atoms with van der Waals surface area (Å²) in [6.07, 6.45) is 1.45. The van der Waals surface area contributed by atoms with E-state index >= 15 is 0 Å². The molecule has 0 radical (unpaired) electrons. The molecule has 0 aliphatic carbocycles. The molecule has 0 aromatic carbocycles. The van der Waals surface area contributed by atoms with Gasteiger partial charge >= 0.3 is 17.9 Å². The van der Waals surface area contributed by atoms with Gasteiger partial charge in [-0.15, -0.1) is 0 Å². The van der Waals surface area contributed by atoms with E-state index in [-0.39, 0.29) is 44.4 Å². The summed E-state index contributed by atoms with van der Waals surface area (Å²) in [7, 11) is 0. The van der Waals surface area contributed by atoms with Crippen LogP contribution in [0.15, 0.2) is 0 Å². The molecule has 10 heteroatoms. The number of carbonyl (C=O) groups excluding carboxylic acids is 2. The zero-order valence-electron chi connectivity index (χ0n) is 19.0. The van der Waals surface area contributed by atoms with Crippen LogP contribution in [0.5, 0.6) is 0 Å². The van der Waals surface area contributed by atoms with Crippen LogP contribution in [0.3, 0.4) is 0 Å². The first kappa shape index (κ1) is 29.2. The second-order valence-electron chi connectivity index (χ2n) is 7.61. The van der Waals surface area contributed by atoms with E-state index in [0.717, 1.165) is 0 Å². The van der Waals surface area contributed by atoms with E-state index in [9.17, 15) is 14.4 Å². The SMILES string of the molecule is CC(C)(C)OC(=O)CCOCCOCCOCCOCCOC(=O)CCCCC(=O)O. The van der Waals surface area contributed by atoms with Crippen molar-refractivity contribution in [2.24, 2.45) is 0 Å². The highest BCUT2D eigenvalue weighted by Gasteiger charge is 2.15. The molecule has 0 heterocycles. The monoisotopic (exact) mass is 450 g/mol. The Labute approximate surface area is 184 Å². The van der Waals surface area contributed by atoms with Gasteiger partial charge < -0.3 is 33.5 Å². The molecule has 0 spiro atoms. The molecule has 31 heavy (non-hydrogen) atoms. The molecular weight excluding hydrogens is 412 g/mol. The van der Waals surface area contributed by atoms with Gasteiger partial charge in [0, 0.05) is 12.8 Å². The van der Waals surface area contributed by atoms with Crippen molar-refractivity contribution in [2.45, 2.75) is 58.5 Å². The van der Waals surface area contributed by atoms with E-state index < -0.39 is 11.6 Å². The fourth-order valence-corrected chi connectivity index (χ4v) is 2.14. The van der Waals surface area contributed by atoms with E-state index in [0.29, 0.717) is 59.1 Å². The summed E-state index contributed by atoms with van der Waals surface area (Å²) in [5, 5.41) is 8.50. The molecule has 0 fully saturated rings. The fraction of sp³-hybridized carbons (Fsp3) is 0.857. The molecule has 0 aliphatic rings. The molecule has 0 saturated heterocycles. The summed E-state index contributed by atoms with van der Waals surface area (Å²) in [5.41, 5.74) is -0.483. The summed E-state index contributed by atoms with van der Waals surface area (Å²) in [4.78, 5) is 33.2. The molecule has 0 saturated carbocycles. The Bertz CT molecular complexity index is 487. The fourth-order valence-electron chi connectivity index (χ4n) is 2.14.